The lowest BCUT2D eigenvalue weighted by Gasteiger charge is -2.60. The van der Waals surface area contributed by atoms with Gasteiger partial charge in [0.25, 0.3) is 0 Å². The number of fused-ring (bicyclic) bond motifs is 2. The van der Waals surface area contributed by atoms with E-state index in [0.29, 0.717) is 23.7 Å². The highest BCUT2D eigenvalue weighted by atomic mass is 17.3. The first-order chi connectivity index (χ1) is 13.9. The fraction of sp³-hybridized carbons (Fsp3) is 0.680. The first kappa shape index (κ1) is 19.7. The molecule has 6 rings (SSSR count). The van der Waals surface area contributed by atoms with Crippen LogP contribution in [-0.4, -0.2) is 23.8 Å². The van der Waals surface area contributed by atoms with Crippen molar-refractivity contribution in [3.05, 3.63) is 41.5 Å². The monoisotopic (exact) mass is 398 g/mol. The van der Waals surface area contributed by atoms with E-state index in [1.807, 2.05) is 6.92 Å². The van der Waals surface area contributed by atoms with Gasteiger partial charge in [-0.3, -0.25) is 0 Å². The van der Waals surface area contributed by atoms with Crippen LogP contribution in [0.15, 0.2) is 30.3 Å². The average molecular weight is 399 g/mol. The fourth-order valence-electron chi connectivity index (χ4n) is 6.36. The first-order valence-corrected chi connectivity index (χ1v) is 11.3. The Bertz CT molecular complexity index is 791. The topological polar surface area (TPSA) is 36.9 Å². The quantitative estimate of drug-likeness (QED) is 0.617. The molecule has 1 saturated carbocycles. The molecule has 4 heterocycles. The van der Waals surface area contributed by atoms with Gasteiger partial charge in [-0.25, -0.2) is 9.78 Å². The summed E-state index contributed by atoms with van der Waals surface area (Å²) in [6.45, 7) is 8.81. The number of benzene rings is 1. The van der Waals surface area contributed by atoms with Crippen LogP contribution in [-0.2, 0) is 19.2 Å². The Hall–Kier alpha value is -1.20. The second-order valence-corrected chi connectivity index (χ2v) is 10.00. The molecule has 5 fully saturated rings. The summed E-state index contributed by atoms with van der Waals surface area (Å²) in [5.41, 5.74) is 2.07. The van der Waals surface area contributed by atoms with Crippen LogP contribution in [0, 0.1) is 30.6 Å². The zero-order valence-electron chi connectivity index (χ0n) is 18.1. The van der Waals surface area contributed by atoms with E-state index in [2.05, 4.69) is 57.2 Å². The Morgan fingerprint density at radius 2 is 1.97 bits per heavy atom. The molecule has 158 valence electrons. The molecule has 0 aromatic heterocycles. The second kappa shape index (κ2) is 7.19. The van der Waals surface area contributed by atoms with Gasteiger partial charge in [0.1, 0.15) is 0 Å². The molecule has 1 aromatic rings. The van der Waals surface area contributed by atoms with Crippen molar-refractivity contribution in [3.63, 3.8) is 0 Å². The number of rotatable bonds is 3. The standard InChI is InChI=1S/C25H34O4/c1-16-7-5-8-19(15-16)9-6-10-22-18(3)21-12-11-17(2)20-13-14-24(4)27-23(26-22)25(20,21)29-28-24/h5-9,15,17-18,20-23H,10-14H2,1-4H3/b9-6+/t17-,18-,20+,21+,22-,23-,24-,25-/m1/s1. The molecule has 4 aliphatic heterocycles. The first-order valence-electron chi connectivity index (χ1n) is 11.3. The minimum absolute atomic E-state index is 0.136. The number of hydrogen-bond donors (Lipinski definition) is 0. The number of ether oxygens (including phenoxy) is 2. The Balaban J connectivity index is 1.40. The predicted octanol–water partition coefficient (Wildman–Crippen LogP) is 5.65. The van der Waals surface area contributed by atoms with Crippen molar-refractivity contribution < 1.29 is 19.2 Å². The average Bonchev–Trinajstić information content (AvgIpc) is 2.92. The third-order valence-electron chi connectivity index (χ3n) is 8.02. The molecule has 0 unspecified atom stereocenters. The highest BCUT2D eigenvalue weighted by Crippen LogP contribution is 2.60. The third kappa shape index (κ3) is 3.20. The second-order valence-electron chi connectivity index (χ2n) is 10.00. The van der Waals surface area contributed by atoms with Crippen LogP contribution < -0.4 is 0 Å². The molecule has 8 atom stereocenters. The normalized spacial score (nSPS) is 46.5. The van der Waals surface area contributed by atoms with E-state index in [1.54, 1.807) is 0 Å². The lowest BCUT2D eigenvalue weighted by Crippen LogP contribution is -2.70. The van der Waals surface area contributed by atoms with E-state index < -0.39 is 11.4 Å². The Morgan fingerprint density at radius 1 is 1.10 bits per heavy atom. The maximum atomic E-state index is 6.64. The van der Waals surface area contributed by atoms with Crippen molar-refractivity contribution in [2.24, 2.45) is 23.7 Å². The van der Waals surface area contributed by atoms with Crippen LogP contribution in [0.2, 0.25) is 0 Å². The van der Waals surface area contributed by atoms with Gasteiger partial charge in [0, 0.05) is 12.3 Å². The van der Waals surface area contributed by atoms with Gasteiger partial charge >= 0.3 is 0 Å². The zero-order chi connectivity index (χ0) is 20.2. The molecule has 1 aromatic carbocycles. The fourth-order valence-corrected chi connectivity index (χ4v) is 6.36. The lowest BCUT2D eigenvalue weighted by molar-refractivity contribution is -0.571. The van der Waals surface area contributed by atoms with Crippen molar-refractivity contribution in [3.8, 4) is 0 Å². The maximum absolute atomic E-state index is 6.64. The van der Waals surface area contributed by atoms with Crippen LogP contribution in [0.25, 0.3) is 6.08 Å². The van der Waals surface area contributed by atoms with E-state index >= 15 is 0 Å². The summed E-state index contributed by atoms with van der Waals surface area (Å²) in [4.78, 5) is 12.1. The molecule has 1 spiro atoms. The van der Waals surface area contributed by atoms with Crippen LogP contribution in [0.3, 0.4) is 0 Å². The van der Waals surface area contributed by atoms with E-state index in [-0.39, 0.29) is 12.4 Å². The van der Waals surface area contributed by atoms with Crippen molar-refractivity contribution in [2.45, 2.75) is 83.6 Å². The third-order valence-corrected chi connectivity index (χ3v) is 8.02. The summed E-state index contributed by atoms with van der Waals surface area (Å²) in [6.07, 6.45) is 9.50. The zero-order valence-corrected chi connectivity index (χ0v) is 18.1. The van der Waals surface area contributed by atoms with Crippen molar-refractivity contribution in [1.82, 2.24) is 0 Å². The molecule has 0 N–H and O–H groups in total. The Labute approximate surface area is 174 Å². The molecular weight excluding hydrogens is 364 g/mol. The van der Waals surface area contributed by atoms with Crippen molar-refractivity contribution in [2.75, 3.05) is 0 Å². The van der Waals surface area contributed by atoms with Gasteiger partial charge in [0.05, 0.1) is 6.10 Å². The molecule has 4 nitrogen and oxygen atoms in total. The molecular formula is C25H34O4. The SMILES string of the molecule is Cc1cccc(/C=C/C[C@H]2O[C@@H]3O[C@@]4(C)CC[C@H]5[C@H](C)CC[C@@H]([C@H]2C)[C@@]35OO4)c1. The molecule has 4 heteroatoms. The van der Waals surface area contributed by atoms with Gasteiger partial charge in [-0.1, -0.05) is 55.8 Å². The summed E-state index contributed by atoms with van der Waals surface area (Å²) in [5, 5.41) is 0. The molecule has 4 saturated heterocycles. The van der Waals surface area contributed by atoms with Crippen molar-refractivity contribution in [1.29, 1.82) is 0 Å². The van der Waals surface area contributed by atoms with Gasteiger partial charge in [-0.15, -0.1) is 0 Å². The van der Waals surface area contributed by atoms with Gasteiger partial charge in [0.15, 0.2) is 11.9 Å². The molecule has 2 bridgehead atoms. The lowest BCUT2D eigenvalue weighted by atomic mass is 9.57. The van der Waals surface area contributed by atoms with E-state index in [0.717, 1.165) is 25.7 Å². The molecule has 0 radical (unpaired) electrons. The molecule has 1 aliphatic carbocycles. The van der Waals surface area contributed by atoms with Gasteiger partial charge < -0.3 is 9.47 Å². The van der Waals surface area contributed by atoms with E-state index in [9.17, 15) is 0 Å². The minimum Gasteiger partial charge on any atom is -0.346 e. The van der Waals surface area contributed by atoms with Gasteiger partial charge in [0.2, 0.25) is 5.79 Å². The molecule has 5 aliphatic rings. The summed E-state index contributed by atoms with van der Waals surface area (Å²) in [6, 6.07) is 8.60. The summed E-state index contributed by atoms with van der Waals surface area (Å²) in [7, 11) is 0. The van der Waals surface area contributed by atoms with Crippen molar-refractivity contribution >= 4 is 6.08 Å². The van der Waals surface area contributed by atoms with Crippen LogP contribution >= 0.6 is 0 Å². The minimum atomic E-state index is -0.694. The Morgan fingerprint density at radius 3 is 2.79 bits per heavy atom. The molecule has 29 heavy (non-hydrogen) atoms. The highest BCUT2D eigenvalue weighted by Gasteiger charge is 2.69. The van der Waals surface area contributed by atoms with Crippen LogP contribution in [0.1, 0.15) is 64.0 Å². The van der Waals surface area contributed by atoms with Crippen LogP contribution in [0.4, 0.5) is 0 Å². The van der Waals surface area contributed by atoms with E-state index in [4.69, 9.17) is 19.2 Å². The number of hydrogen-bond acceptors (Lipinski definition) is 4. The summed E-state index contributed by atoms with van der Waals surface area (Å²) < 4.78 is 13.1. The van der Waals surface area contributed by atoms with Crippen LogP contribution in [0.5, 0.6) is 0 Å². The van der Waals surface area contributed by atoms with E-state index in [1.165, 1.54) is 17.5 Å². The summed E-state index contributed by atoms with van der Waals surface area (Å²) in [5.74, 6) is 1.15. The summed E-state index contributed by atoms with van der Waals surface area (Å²) >= 11 is 0. The van der Waals surface area contributed by atoms with Gasteiger partial charge in [-0.05, 0) is 62.8 Å². The molecule has 0 amide bonds. The highest BCUT2D eigenvalue weighted by molar-refractivity contribution is 5.50. The Kier molecular flexibility index (Phi) is 4.90. The predicted molar refractivity (Wildman–Crippen MR) is 112 cm³/mol. The smallest absolute Gasteiger partial charge is 0.201 e. The van der Waals surface area contributed by atoms with Gasteiger partial charge in [-0.2, -0.15) is 0 Å². The largest absolute Gasteiger partial charge is 0.346 e. The maximum Gasteiger partial charge on any atom is 0.201 e. The number of aryl methyl sites for hydroxylation is 1.